The highest BCUT2D eigenvalue weighted by Crippen LogP contribution is 2.44. The van der Waals surface area contributed by atoms with Gasteiger partial charge in [-0.3, -0.25) is 18.8 Å². The van der Waals surface area contributed by atoms with Gasteiger partial charge in [0.2, 0.25) is 0 Å². The lowest BCUT2D eigenvalue weighted by Crippen LogP contribution is -2.48. The first-order valence-corrected chi connectivity index (χ1v) is 13.2. The number of halogens is 2. The van der Waals surface area contributed by atoms with Crippen LogP contribution in [0.1, 0.15) is 43.1 Å². The molecular formula is C24H32BrClN4O5. The second-order valence-corrected chi connectivity index (χ2v) is 10.5. The number of hydrogen-bond donors (Lipinski definition) is 2. The summed E-state index contributed by atoms with van der Waals surface area (Å²) in [4.78, 5) is 27.6. The van der Waals surface area contributed by atoms with Gasteiger partial charge in [0.1, 0.15) is 0 Å². The minimum atomic E-state index is -0.578. The van der Waals surface area contributed by atoms with Crippen molar-refractivity contribution < 1.29 is 19.4 Å². The van der Waals surface area contributed by atoms with Gasteiger partial charge >= 0.3 is 5.69 Å². The fourth-order valence-electron chi connectivity index (χ4n) is 4.48. The van der Waals surface area contributed by atoms with E-state index in [0.29, 0.717) is 72.4 Å². The Morgan fingerprint density at radius 1 is 1.26 bits per heavy atom. The maximum atomic E-state index is 13.0. The number of nitrogens with zero attached hydrogens (tertiary/aromatic N) is 3. The lowest BCUT2D eigenvalue weighted by atomic mass is 9.93. The van der Waals surface area contributed by atoms with E-state index in [-0.39, 0.29) is 23.6 Å². The minimum Gasteiger partial charge on any atom is -0.489 e. The predicted molar refractivity (Wildman–Crippen MR) is 137 cm³/mol. The normalized spacial score (nSPS) is 20.6. The summed E-state index contributed by atoms with van der Waals surface area (Å²) in [5.74, 6) is 0.441. The zero-order chi connectivity index (χ0) is 25.1. The Morgan fingerprint density at radius 2 is 2.00 bits per heavy atom. The summed E-state index contributed by atoms with van der Waals surface area (Å²) in [6.07, 6.45) is 4.49. The van der Waals surface area contributed by atoms with Gasteiger partial charge in [0, 0.05) is 57.0 Å². The van der Waals surface area contributed by atoms with Crippen molar-refractivity contribution in [2.24, 2.45) is 5.92 Å². The largest absolute Gasteiger partial charge is 0.489 e. The topological polar surface area (TPSA) is 98.0 Å². The van der Waals surface area contributed by atoms with Crippen molar-refractivity contribution in [3.63, 3.8) is 0 Å². The molecule has 1 aromatic carbocycles. The zero-order valence-electron chi connectivity index (χ0n) is 20.0. The SMILES string of the molecule is CC(C)n1ccn(CCN2CC[C@@H](CNC(=O)c3cc(Cl)c(Br)c4c3OCCCO4)C(O)C2)c1=O. The van der Waals surface area contributed by atoms with Crippen molar-refractivity contribution in [3.05, 3.63) is 44.0 Å². The molecule has 2 atom stereocenters. The summed E-state index contributed by atoms with van der Waals surface area (Å²) >= 11 is 9.72. The van der Waals surface area contributed by atoms with Crippen LogP contribution in [0.3, 0.4) is 0 Å². The summed E-state index contributed by atoms with van der Waals surface area (Å²) < 4.78 is 15.5. The number of likely N-dealkylation sites (tertiary alicyclic amines) is 1. The number of fused-ring (bicyclic) bond motifs is 1. The standard InChI is InChI=1S/C24H32BrClN4O5/c1-15(2)30-9-8-29(24(30)33)7-6-28-5-4-16(19(31)14-28)13-27-23(32)17-12-18(26)20(25)22-21(17)34-10-3-11-35-22/h8-9,12,15-16,19,31H,3-7,10-11,13-14H2,1-2H3,(H,27,32)/t16-,19?/m0/s1. The third-order valence-corrected chi connectivity index (χ3v) is 7.89. The Hall–Kier alpha value is -2.01. The van der Waals surface area contributed by atoms with E-state index < -0.39 is 6.10 Å². The van der Waals surface area contributed by atoms with Crippen LogP contribution in [-0.2, 0) is 6.54 Å². The molecule has 1 unspecified atom stereocenters. The molecule has 1 fully saturated rings. The number of nitrogens with one attached hydrogen (secondary N) is 1. The van der Waals surface area contributed by atoms with E-state index in [0.717, 1.165) is 13.0 Å². The van der Waals surface area contributed by atoms with Crippen LogP contribution in [0.25, 0.3) is 0 Å². The van der Waals surface area contributed by atoms with Gasteiger partial charge in [-0.15, -0.1) is 0 Å². The van der Waals surface area contributed by atoms with Crippen LogP contribution in [0.5, 0.6) is 11.5 Å². The molecule has 2 aromatic rings. The molecule has 4 rings (SSSR count). The fraction of sp³-hybridized carbons (Fsp3) is 0.583. The smallest absolute Gasteiger partial charge is 0.328 e. The van der Waals surface area contributed by atoms with E-state index in [9.17, 15) is 14.7 Å². The van der Waals surface area contributed by atoms with Crippen LogP contribution in [0, 0.1) is 5.92 Å². The molecule has 0 bridgehead atoms. The van der Waals surface area contributed by atoms with Crippen LogP contribution >= 0.6 is 27.5 Å². The number of carbonyl (C=O) groups is 1. The molecule has 0 aliphatic carbocycles. The monoisotopic (exact) mass is 570 g/mol. The summed E-state index contributed by atoms with van der Waals surface area (Å²) in [5, 5.41) is 14.0. The zero-order valence-corrected chi connectivity index (χ0v) is 22.3. The van der Waals surface area contributed by atoms with Crippen LogP contribution in [0.4, 0.5) is 0 Å². The van der Waals surface area contributed by atoms with E-state index in [1.165, 1.54) is 0 Å². The Labute approximate surface area is 218 Å². The molecule has 1 saturated heterocycles. The summed E-state index contributed by atoms with van der Waals surface area (Å²) in [5.41, 5.74) is 0.305. The molecule has 0 spiro atoms. The molecule has 1 amide bonds. The minimum absolute atomic E-state index is 0.0153. The van der Waals surface area contributed by atoms with Gasteiger partial charge in [-0.25, -0.2) is 4.79 Å². The van der Waals surface area contributed by atoms with Crippen LogP contribution in [0.15, 0.2) is 27.7 Å². The summed E-state index contributed by atoms with van der Waals surface area (Å²) in [7, 11) is 0. The van der Waals surface area contributed by atoms with E-state index in [4.69, 9.17) is 21.1 Å². The number of β-amino-alcohol motifs (C(OH)–C–C–N with tert-alkyl or cyclic N) is 1. The van der Waals surface area contributed by atoms with Gasteiger partial charge in [0.05, 0.1) is 34.4 Å². The number of amides is 1. The average Bonchev–Trinajstić information content (AvgIpc) is 3.02. The van der Waals surface area contributed by atoms with Crippen molar-refractivity contribution in [3.8, 4) is 11.5 Å². The number of hydrogen-bond acceptors (Lipinski definition) is 6. The van der Waals surface area contributed by atoms with Crippen LogP contribution in [0.2, 0.25) is 5.02 Å². The van der Waals surface area contributed by atoms with Gasteiger partial charge in [0.15, 0.2) is 11.5 Å². The van der Waals surface area contributed by atoms with Gasteiger partial charge in [0.25, 0.3) is 5.91 Å². The number of aromatic nitrogens is 2. The highest BCUT2D eigenvalue weighted by molar-refractivity contribution is 9.10. The van der Waals surface area contributed by atoms with E-state index >= 15 is 0 Å². The molecule has 3 heterocycles. The van der Waals surface area contributed by atoms with Gasteiger partial charge < -0.3 is 19.9 Å². The Bertz CT molecular complexity index is 1120. The Morgan fingerprint density at radius 3 is 2.69 bits per heavy atom. The van der Waals surface area contributed by atoms with Crippen molar-refractivity contribution in [1.82, 2.24) is 19.4 Å². The first-order valence-electron chi connectivity index (χ1n) is 12.0. The molecule has 2 aliphatic heterocycles. The second-order valence-electron chi connectivity index (χ2n) is 9.33. The molecular weight excluding hydrogens is 540 g/mol. The van der Waals surface area contributed by atoms with Gasteiger partial charge in [-0.05, 0) is 48.8 Å². The number of carbonyl (C=O) groups excluding carboxylic acids is 1. The number of benzene rings is 1. The van der Waals surface area contributed by atoms with Crippen molar-refractivity contribution in [2.75, 3.05) is 39.4 Å². The molecule has 2 aliphatic rings. The molecule has 0 radical (unpaired) electrons. The van der Waals surface area contributed by atoms with Crippen molar-refractivity contribution in [1.29, 1.82) is 0 Å². The first kappa shape index (κ1) is 26.1. The van der Waals surface area contributed by atoms with E-state index in [2.05, 4.69) is 26.1 Å². The fourth-order valence-corrected chi connectivity index (χ4v) is 5.08. The Kier molecular flexibility index (Phi) is 8.46. The third-order valence-electron chi connectivity index (χ3n) is 6.57. The third kappa shape index (κ3) is 5.87. The highest BCUT2D eigenvalue weighted by Gasteiger charge is 2.29. The lowest BCUT2D eigenvalue weighted by Gasteiger charge is -2.36. The number of rotatable bonds is 7. The maximum Gasteiger partial charge on any atom is 0.328 e. The van der Waals surface area contributed by atoms with Crippen molar-refractivity contribution in [2.45, 2.75) is 45.4 Å². The first-order chi connectivity index (χ1) is 16.8. The molecule has 2 N–H and O–H groups in total. The summed E-state index contributed by atoms with van der Waals surface area (Å²) in [6.45, 7) is 7.77. The average molecular weight is 572 g/mol. The summed E-state index contributed by atoms with van der Waals surface area (Å²) in [6, 6.07) is 1.70. The van der Waals surface area contributed by atoms with Crippen LogP contribution in [-0.4, -0.2) is 70.5 Å². The number of piperidine rings is 1. The predicted octanol–water partition coefficient (Wildman–Crippen LogP) is 2.92. The number of aliphatic hydroxyl groups excluding tert-OH is 1. The lowest BCUT2D eigenvalue weighted by molar-refractivity contribution is 0.0208. The number of aliphatic hydroxyl groups is 1. The molecule has 9 nitrogen and oxygen atoms in total. The molecule has 35 heavy (non-hydrogen) atoms. The van der Waals surface area contributed by atoms with Gasteiger partial charge in [-0.1, -0.05) is 11.6 Å². The maximum absolute atomic E-state index is 13.0. The molecule has 11 heteroatoms. The molecule has 192 valence electrons. The van der Waals surface area contributed by atoms with E-state index in [1.807, 2.05) is 26.2 Å². The second kappa shape index (κ2) is 11.4. The van der Waals surface area contributed by atoms with Gasteiger partial charge in [-0.2, -0.15) is 0 Å². The molecule has 0 saturated carbocycles. The Balaban J connectivity index is 1.31. The van der Waals surface area contributed by atoms with E-state index in [1.54, 1.807) is 15.2 Å². The highest BCUT2D eigenvalue weighted by atomic mass is 79.9. The van der Waals surface area contributed by atoms with Crippen LogP contribution < -0.4 is 20.5 Å². The number of imidazole rings is 1. The number of ether oxygens (including phenoxy) is 2. The molecule has 1 aromatic heterocycles. The van der Waals surface area contributed by atoms with Crippen molar-refractivity contribution >= 4 is 33.4 Å². The quantitative estimate of drug-likeness (QED) is 0.531.